The zero-order valence-corrected chi connectivity index (χ0v) is 21.9. The summed E-state index contributed by atoms with van der Waals surface area (Å²) in [6, 6.07) is 6.17. The normalized spacial score (nSPS) is 18.9. The zero-order chi connectivity index (χ0) is 27.5. The number of ether oxygens (including phenoxy) is 1. The number of aliphatic imine (C=N–C) groups is 1. The van der Waals surface area contributed by atoms with Crippen LogP contribution >= 0.6 is 11.3 Å². The number of nitrogens with two attached hydrogens (primary N) is 1. The van der Waals surface area contributed by atoms with E-state index < -0.39 is 33.8 Å². The van der Waals surface area contributed by atoms with Crippen molar-refractivity contribution in [3.8, 4) is 5.75 Å². The summed E-state index contributed by atoms with van der Waals surface area (Å²) >= 11 is 1.07. The molecule has 5 N–H and O–H groups in total. The molecule has 1 fully saturated rings. The molecule has 2 amide bonds. The van der Waals surface area contributed by atoms with Crippen molar-refractivity contribution in [3.63, 3.8) is 0 Å². The Kier molecular flexibility index (Phi) is 7.81. The molecule has 1 aromatic carbocycles. The summed E-state index contributed by atoms with van der Waals surface area (Å²) in [7, 11) is -4.93. The minimum Gasteiger partial charge on any atom is -0.490 e. The van der Waals surface area contributed by atoms with Gasteiger partial charge in [-0.1, -0.05) is 5.16 Å². The number of amidine groups is 1. The fraction of sp³-hybridized carbons (Fsp3) is 0.381. The number of carbonyl (C=O) groups is 2. The molecule has 1 saturated heterocycles. The van der Waals surface area contributed by atoms with Crippen molar-refractivity contribution in [3.05, 3.63) is 40.9 Å². The van der Waals surface area contributed by atoms with E-state index in [0.29, 0.717) is 10.8 Å². The summed E-state index contributed by atoms with van der Waals surface area (Å²) in [4.78, 5) is 39.0. The van der Waals surface area contributed by atoms with Crippen LogP contribution < -0.4 is 21.1 Å². The van der Waals surface area contributed by atoms with E-state index in [9.17, 15) is 18.0 Å². The Labute approximate surface area is 221 Å². The van der Waals surface area contributed by atoms with Crippen LogP contribution in [0.1, 0.15) is 25.1 Å². The quantitative estimate of drug-likeness (QED) is 0.0912. The van der Waals surface area contributed by atoms with Crippen molar-refractivity contribution in [2.75, 3.05) is 32.0 Å². The van der Waals surface area contributed by atoms with Crippen LogP contribution in [-0.4, -0.2) is 84.3 Å². The number of benzene rings is 1. The number of nitrogens with zero attached hydrogens (tertiary/aromatic N) is 4. The van der Waals surface area contributed by atoms with Crippen LogP contribution in [0.5, 0.6) is 5.75 Å². The topological polar surface area (TPSA) is 207 Å². The summed E-state index contributed by atoms with van der Waals surface area (Å²) < 4.78 is 40.8. The monoisotopic (exact) mass is 567 g/mol. The SMILES string of the molecule is CC1(C)[C@H](NC(=O)/C(=N\OCCOc2ccc(C3=NCCN3)cc2)c2csc(N)n2)C(=O)N1OS(=O)(=O)O. The molecule has 2 aromatic rings. The second kappa shape index (κ2) is 10.9. The standard InChI is InChI=1S/C21H25N7O8S2/c1-21(2)16(19(30)28(21)36-38(31,32)33)26-18(29)15(14-11-37-20(22)25-14)27-35-10-9-34-13-5-3-12(4-6-13)17-23-7-8-24-17/h3-6,11,16H,7-10H2,1-2H3,(H2,22,25)(H,23,24)(H,26,29)(H,31,32,33)/b27-15-/t16-/m1/s1. The van der Waals surface area contributed by atoms with Gasteiger partial charge in [-0.3, -0.25) is 19.1 Å². The molecule has 0 aliphatic carbocycles. The summed E-state index contributed by atoms with van der Waals surface area (Å²) in [6.45, 7) is 4.52. The summed E-state index contributed by atoms with van der Waals surface area (Å²) in [5.41, 5.74) is 5.18. The highest BCUT2D eigenvalue weighted by Crippen LogP contribution is 2.33. The number of rotatable bonds is 11. The zero-order valence-electron chi connectivity index (χ0n) is 20.3. The molecule has 0 radical (unpaired) electrons. The van der Waals surface area contributed by atoms with E-state index in [2.05, 4.69) is 30.0 Å². The Morgan fingerprint density at radius 1 is 1.34 bits per heavy atom. The first-order chi connectivity index (χ1) is 18.0. The van der Waals surface area contributed by atoms with E-state index in [1.807, 2.05) is 12.1 Å². The number of hydrogen-bond acceptors (Lipinski definition) is 13. The van der Waals surface area contributed by atoms with E-state index >= 15 is 0 Å². The molecule has 0 unspecified atom stereocenters. The number of amides is 2. The number of oxime groups is 1. The van der Waals surface area contributed by atoms with Crippen molar-refractivity contribution in [2.45, 2.75) is 25.4 Å². The predicted octanol–water partition coefficient (Wildman–Crippen LogP) is -0.285. The molecule has 15 nitrogen and oxygen atoms in total. The highest BCUT2D eigenvalue weighted by molar-refractivity contribution is 7.80. The Bertz CT molecular complexity index is 1370. The summed E-state index contributed by atoms with van der Waals surface area (Å²) in [5.74, 6) is -0.275. The van der Waals surface area contributed by atoms with Crippen molar-refractivity contribution < 1.29 is 36.4 Å². The molecule has 17 heteroatoms. The molecular formula is C21H25N7O8S2. The van der Waals surface area contributed by atoms with Gasteiger partial charge >= 0.3 is 10.4 Å². The van der Waals surface area contributed by atoms with E-state index in [-0.39, 0.29) is 29.8 Å². The number of thiazole rings is 1. The van der Waals surface area contributed by atoms with Gasteiger partial charge in [-0.2, -0.15) is 13.5 Å². The maximum absolute atomic E-state index is 13.0. The van der Waals surface area contributed by atoms with Gasteiger partial charge < -0.3 is 25.9 Å². The Morgan fingerprint density at radius 2 is 2.08 bits per heavy atom. The molecule has 0 spiro atoms. The Balaban J connectivity index is 1.35. The third-order valence-corrected chi connectivity index (χ3v) is 6.51. The van der Waals surface area contributed by atoms with E-state index in [1.165, 1.54) is 19.2 Å². The number of aromatic nitrogens is 1. The molecule has 2 aliphatic rings. The molecule has 1 aromatic heterocycles. The summed E-state index contributed by atoms with van der Waals surface area (Å²) in [5, 5.41) is 11.6. The summed E-state index contributed by atoms with van der Waals surface area (Å²) in [6.07, 6.45) is 0. The van der Waals surface area contributed by atoms with Crippen LogP contribution in [0.4, 0.5) is 5.13 Å². The maximum atomic E-state index is 13.0. The van der Waals surface area contributed by atoms with Crippen molar-refractivity contribution in [1.82, 2.24) is 20.7 Å². The maximum Gasteiger partial charge on any atom is 0.418 e. The van der Waals surface area contributed by atoms with Crippen LogP contribution in [-0.2, 0) is 29.1 Å². The number of β-lactam (4-membered cyclic amide) rings is 1. The predicted molar refractivity (Wildman–Crippen MR) is 136 cm³/mol. The lowest BCUT2D eigenvalue weighted by Gasteiger charge is -2.50. The number of hydrogen-bond donors (Lipinski definition) is 4. The van der Waals surface area contributed by atoms with Crippen LogP contribution in [0.3, 0.4) is 0 Å². The Hall–Kier alpha value is -3.80. The van der Waals surface area contributed by atoms with Crippen molar-refractivity contribution in [1.29, 1.82) is 0 Å². The van der Waals surface area contributed by atoms with Gasteiger partial charge in [-0.25, -0.2) is 4.98 Å². The molecule has 0 saturated carbocycles. The van der Waals surface area contributed by atoms with E-state index in [1.54, 1.807) is 12.1 Å². The molecule has 4 rings (SSSR count). The fourth-order valence-corrected chi connectivity index (χ4v) is 4.63. The van der Waals surface area contributed by atoms with Crippen molar-refractivity contribution >= 4 is 50.2 Å². The molecule has 38 heavy (non-hydrogen) atoms. The lowest BCUT2D eigenvalue weighted by molar-refractivity contribution is -0.218. The van der Waals surface area contributed by atoms with Gasteiger partial charge in [-0.05, 0) is 38.1 Å². The molecule has 2 aliphatic heterocycles. The average molecular weight is 568 g/mol. The molecule has 0 bridgehead atoms. The lowest BCUT2D eigenvalue weighted by Crippen LogP contribution is -2.76. The molecular weight excluding hydrogens is 542 g/mol. The third-order valence-electron chi connectivity index (χ3n) is 5.50. The number of anilines is 1. The van der Waals surface area contributed by atoms with Crippen LogP contribution in [0, 0.1) is 0 Å². The second-order valence-electron chi connectivity index (χ2n) is 8.57. The largest absolute Gasteiger partial charge is 0.490 e. The van der Waals surface area contributed by atoms with Gasteiger partial charge in [0.2, 0.25) is 0 Å². The number of hydroxylamine groups is 2. The van der Waals surface area contributed by atoms with Gasteiger partial charge in [0, 0.05) is 17.5 Å². The first kappa shape index (κ1) is 27.2. The third kappa shape index (κ3) is 6.18. The number of nitrogen functional groups attached to an aromatic ring is 1. The molecule has 3 heterocycles. The van der Waals surface area contributed by atoms with Crippen molar-refractivity contribution in [2.24, 2.45) is 10.1 Å². The van der Waals surface area contributed by atoms with E-state index in [4.69, 9.17) is 19.9 Å². The highest BCUT2D eigenvalue weighted by Gasteiger charge is 2.58. The smallest absolute Gasteiger partial charge is 0.418 e. The number of nitrogens with one attached hydrogen (secondary N) is 2. The second-order valence-corrected chi connectivity index (χ2v) is 10.5. The van der Waals surface area contributed by atoms with Gasteiger partial charge in [0.25, 0.3) is 11.8 Å². The van der Waals surface area contributed by atoms with Gasteiger partial charge in [0.15, 0.2) is 17.5 Å². The van der Waals surface area contributed by atoms with E-state index in [0.717, 1.165) is 35.8 Å². The minimum absolute atomic E-state index is 0.0176. The number of carbonyl (C=O) groups excluding carboxylic acids is 2. The highest BCUT2D eigenvalue weighted by atomic mass is 32.3. The van der Waals surface area contributed by atoms with Gasteiger partial charge in [0.05, 0.1) is 12.1 Å². The van der Waals surface area contributed by atoms with Crippen LogP contribution in [0.15, 0.2) is 39.8 Å². The van der Waals surface area contributed by atoms with Crippen LogP contribution in [0.2, 0.25) is 0 Å². The van der Waals surface area contributed by atoms with Crippen LogP contribution in [0.25, 0.3) is 0 Å². The fourth-order valence-electron chi connectivity index (χ4n) is 3.63. The lowest BCUT2D eigenvalue weighted by atomic mass is 9.84. The van der Waals surface area contributed by atoms with Gasteiger partial charge in [-0.15, -0.1) is 15.6 Å². The molecule has 1 atom stereocenters. The first-order valence-electron chi connectivity index (χ1n) is 11.2. The Morgan fingerprint density at radius 3 is 2.66 bits per heavy atom. The average Bonchev–Trinajstić information content (AvgIpc) is 3.55. The minimum atomic E-state index is -4.93. The first-order valence-corrected chi connectivity index (χ1v) is 13.4. The van der Waals surface area contributed by atoms with Gasteiger partial charge in [0.1, 0.15) is 29.9 Å². The molecule has 204 valence electrons.